The summed E-state index contributed by atoms with van der Waals surface area (Å²) in [6.45, 7) is 1.70. The van der Waals surface area contributed by atoms with Crippen molar-refractivity contribution in [3.05, 3.63) is 0 Å². The highest BCUT2D eigenvalue weighted by Crippen LogP contribution is 2.05. The molecule has 8 N–H and O–H groups in total. The first-order valence-corrected chi connectivity index (χ1v) is 10.1. The molecular weight excluding hydrogens is 392 g/mol. The third-order valence-corrected chi connectivity index (χ3v) is 4.47. The lowest BCUT2D eigenvalue weighted by molar-refractivity contribution is -0.143. The number of nitrogens with two attached hydrogens (primary N) is 1. The van der Waals surface area contributed by atoms with Gasteiger partial charge in [0.25, 0.3) is 0 Å². The highest BCUT2D eigenvalue weighted by molar-refractivity contribution is 7.98. The number of hydrogen-bond donors (Lipinski definition) is 7. The molecule has 0 aliphatic rings. The summed E-state index contributed by atoms with van der Waals surface area (Å²) in [5, 5.41) is 34.0. The van der Waals surface area contributed by atoms with E-state index in [9.17, 15) is 24.3 Å². The molecule has 4 atom stereocenters. The average Bonchev–Trinajstić information content (AvgIpc) is 2.64. The molecule has 0 rings (SSSR count). The van der Waals surface area contributed by atoms with E-state index in [0.717, 1.165) is 0 Å². The number of nitrogens with one attached hydrogen (secondary N) is 3. The van der Waals surface area contributed by atoms with E-state index in [-0.39, 0.29) is 5.92 Å². The van der Waals surface area contributed by atoms with Crippen molar-refractivity contribution in [2.75, 3.05) is 25.2 Å². The first kappa shape index (κ1) is 26.1. The second kappa shape index (κ2) is 13.3. The van der Waals surface area contributed by atoms with Crippen LogP contribution in [0.1, 0.15) is 20.3 Å². The number of rotatable bonds is 13. The predicted molar refractivity (Wildman–Crippen MR) is 103 cm³/mol. The van der Waals surface area contributed by atoms with Crippen molar-refractivity contribution in [1.82, 2.24) is 16.0 Å². The first-order chi connectivity index (χ1) is 13.1. The summed E-state index contributed by atoms with van der Waals surface area (Å²) >= 11 is 1.53. The molecule has 11 nitrogen and oxygen atoms in total. The maximum Gasteiger partial charge on any atom is 0.328 e. The van der Waals surface area contributed by atoms with E-state index in [1.807, 2.05) is 11.6 Å². The number of aliphatic carboxylic acids is 1. The Morgan fingerprint density at radius 1 is 0.929 bits per heavy atom. The van der Waals surface area contributed by atoms with E-state index in [1.54, 1.807) is 13.8 Å². The molecule has 4 unspecified atom stereocenters. The van der Waals surface area contributed by atoms with Crippen LogP contribution in [-0.2, 0) is 19.2 Å². The second-order valence-corrected chi connectivity index (χ2v) is 7.43. The van der Waals surface area contributed by atoms with Crippen LogP contribution in [0.25, 0.3) is 0 Å². The Labute approximate surface area is 167 Å². The lowest BCUT2D eigenvalue weighted by Crippen LogP contribution is -2.59. The van der Waals surface area contributed by atoms with Crippen LogP contribution in [0.15, 0.2) is 0 Å². The fourth-order valence-corrected chi connectivity index (χ4v) is 2.57. The Balaban J connectivity index is 5.02. The van der Waals surface area contributed by atoms with Gasteiger partial charge in [-0.05, 0) is 24.3 Å². The van der Waals surface area contributed by atoms with E-state index in [4.69, 9.17) is 15.9 Å². The number of amides is 3. The maximum atomic E-state index is 12.5. The zero-order valence-electron chi connectivity index (χ0n) is 16.2. The van der Waals surface area contributed by atoms with Gasteiger partial charge in [-0.2, -0.15) is 11.8 Å². The molecule has 0 radical (unpaired) electrons. The van der Waals surface area contributed by atoms with Crippen LogP contribution in [-0.4, -0.2) is 88.4 Å². The molecule has 0 aromatic rings. The zero-order valence-corrected chi connectivity index (χ0v) is 17.0. The van der Waals surface area contributed by atoms with Crippen LogP contribution in [0.3, 0.4) is 0 Å². The Bertz CT molecular complexity index is 547. The number of carbonyl (C=O) groups excluding carboxylic acids is 3. The Kier molecular flexibility index (Phi) is 12.4. The third-order valence-electron chi connectivity index (χ3n) is 3.83. The van der Waals surface area contributed by atoms with Crippen molar-refractivity contribution in [1.29, 1.82) is 0 Å². The second-order valence-electron chi connectivity index (χ2n) is 6.44. The molecule has 12 heteroatoms. The number of aliphatic hydroxyl groups excluding tert-OH is 2. The SMILES string of the molecule is CSCCC(N)C(=O)NC(C(=O)NC(CO)C(=O)NC(CO)C(=O)O)C(C)C. The highest BCUT2D eigenvalue weighted by atomic mass is 32.2. The van der Waals surface area contributed by atoms with Crippen LogP contribution in [0.2, 0.25) is 0 Å². The molecule has 0 saturated heterocycles. The number of thioether (sulfide) groups is 1. The number of carboxylic acids is 1. The van der Waals surface area contributed by atoms with E-state index in [2.05, 4.69) is 10.6 Å². The number of aliphatic hydroxyl groups is 2. The van der Waals surface area contributed by atoms with Gasteiger partial charge in [0.1, 0.15) is 18.1 Å². The van der Waals surface area contributed by atoms with Crippen molar-refractivity contribution in [3.63, 3.8) is 0 Å². The van der Waals surface area contributed by atoms with Crippen molar-refractivity contribution in [3.8, 4) is 0 Å². The summed E-state index contributed by atoms with van der Waals surface area (Å²) in [7, 11) is 0. The summed E-state index contributed by atoms with van der Waals surface area (Å²) in [6, 6.07) is -4.83. The summed E-state index contributed by atoms with van der Waals surface area (Å²) in [5.41, 5.74) is 5.79. The minimum Gasteiger partial charge on any atom is -0.480 e. The Morgan fingerprint density at radius 2 is 1.46 bits per heavy atom. The van der Waals surface area contributed by atoms with Gasteiger partial charge in [-0.3, -0.25) is 14.4 Å². The largest absolute Gasteiger partial charge is 0.480 e. The van der Waals surface area contributed by atoms with Gasteiger partial charge in [-0.25, -0.2) is 4.79 Å². The lowest BCUT2D eigenvalue weighted by atomic mass is 10.0. The van der Waals surface area contributed by atoms with E-state index in [1.165, 1.54) is 11.8 Å². The van der Waals surface area contributed by atoms with E-state index < -0.39 is 61.1 Å². The van der Waals surface area contributed by atoms with Crippen LogP contribution in [0, 0.1) is 5.92 Å². The molecule has 162 valence electrons. The fraction of sp³-hybridized carbons (Fsp3) is 0.750. The van der Waals surface area contributed by atoms with Gasteiger partial charge in [0.15, 0.2) is 0 Å². The minimum atomic E-state index is -1.58. The lowest BCUT2D eigenvalue weighted by Gasteiger charge is -2.26. The molecule has 0 fully saturated rings. The number of hydrogen-bond acceptors (Lipinski definition) is 8. The topological polar surface area (TPSA) is 191 Å². The fourth-order valence-electron chi connectivity index (χ4n) is 2.08. The molecule has 3 amide bonds. The number of carbonyl (C=O) groups is 4. The molecule has 0 aliphatic heterocycles. The van der Waals surface area contributed by atoms with Crippen LogP contribution in [0.4, 0.5) is 0 Å². The third kappa shape index (κ3) is 8.87. The molecule has 28 heavy (non-hydrogen) atoms. The van der Waals surface area contributed by atoms with E-state index >= 15 is 0 Å². The van der Waals surface area contributed by atoms with Gasteiger partial charge in [-0.1, -0.05) is 13.8 Å². The normalized spacial score (nSPS) is 15.2. The quantitative estimate of drug-likeness (QED) is 0.165. The van der Waals surface area contributed by atoms with Gasteiger partial charge in [-0.15, -0.1) is 0 Å². The van der Waals surface area contributed by atoms with Crippen molar-refractivity contribution in [2.24, 2.45) is 11.7 Å². The molecule has 0 aromatic heterocycles. The molecule has 0 bridgehead atoms. The Hall–Kier alpha value is -1.89. The summed E-state index contributed by atoms with van der Waals surface area (Å²) < 4.78 is 0. The predicted octanol–water partition coefficient (Wildman–Crippen LogP) is -2.75. The molecule has 0 aromatic carbocycles. The highest BCUT2D eigenvalue weighted by Gasteiger charge is 2.31. The molecule has 0 spiro atoms. The monoisotopic (exact) mass is 422 g/mol. The van der Waals surface area contributed by atoms with Gasteiger partial charge in [0, 0.05) is 0 Å². The van der Waals surface area contributed by atoms with E-state index in [0.29, 0.717) is 12.2 Å². The minimum absolute atomic E-state index is 0.344. The molecule has 0 heterocycles. The zero-order chi connectivity index (χ0) is 21.9. The maximum absolute atomic E-state index is 12.5. The first-order valence-electron chi connectivity index (χ1n) is 8.69. The number of carboxylic acid groups (broad SMARTS) is 1. The van der Waals surface area contributed by atoms with Gasteiger partial charge in [0.05, 0.1) is 19.3 Å². The molecule has 0 aliphatic carbocycles. The summed E-state index contributed by atoms with van der Waals surface area (Å²) in [6.07, 6.45) is 2.31. The summed E-state index contributed by atoms with van der Waals surface area (Å²) in [5.74, 6) is -3.36. The van der Waals surface area contributed by atoms with Crippen molar-refractivity contribution in [2.45, 2.75) is 44.4 Å². The summed E-state index contributed by atoms with van der Waals surface area (Å²) in [4.78, 5) is 47.6. The Morgan fingerprint density at radius 3 is 1.89 bits per heavy atom. The van der Waals surface area contributed by atoms with Gasteiger partial charge >= 0.3 is 5.97 Å². The van der Waals surface area contributed by atoms with Crippen LogP contribution >= 0.6 is 11.8 Å². The average molecular weight is 423 g/mol. The molecule has 0 saturated carbocycles. The molecular formula is C16H30N4O7S. The smallest absolute Gasteiger partial charge is 0.328 e. The van der Waals surface area contributed by atoms with Crippen LogP contribution < -0.4 is 21.7 Å². The van der Waals surface area contributed by atoms with Crippen LogP contribution in [0.5, 0.6) is 0 Å². The van der Waals surface area contributed by atoms with Crippen molar-refractivity contribution >= 4 is 35.5 Å². The standard InChI is InChI=1S/C16H30N4O7S/c1-8(2)12(20-13(23)9(17)4-5-28-3)15(25)18-10(6-21)14(24)19-11(7-22)16(26)27/h8-12,21-22H,4-7,17H2,1-3H3,(H,18,25)(H,19,24)(H,20,23)(H,26,27). The van der Waals surface area contributed by atoms with Gasteiger partial charge in [0.2, 0.25) is 17.7 Å². The van der Waals surface area contributed by atoms with Gasteiger partial charge < -0.3 is 37.0 Å². The van der Waals surface area contributed by atoms with Crippen molar-refractivity contribution < 1.29 is 34.5 Å².